The number of aliphatic hydroxyl groups excluding tert-OH is 1. The van der Waals surface area contributed by atoms with Crippen LogP contribution in [-0.2, 0) is 0 Å². The summed E-state index contributed by atoms with van der Waals surface area (Å²) in [6, 6.07) is 2.02. The van der Waals surface area contributed by atoms with Gasteiger partial charge in [0, 0.05) is 12.6 Å². The number of nitrogens with one attached hydrogen (secondary N) is 1. The molecule has 1 aromatic carbocycles. The first-order valence-corrected chi connectivity index (χ1v) is 6.58. The molecule has 0 aromatic heterocycles. The molecular weight excluding hydrogens is 279 g/mol. The summed E-state index contributed by atoms with van der Waals surface area (Å²) < 4.78 is 18.7. The predicted molar refractivity (Wildman–Crippen MR) is 78.2 cm³/mol. The van der Waals surface area contributed by atoms with Crippen molar-refractivity contribution in [3.63, 3.8) is 0 Å². The lowest BCUT2D eigenvalue weighted by atomic mass is 9.89. The number of hydrogen-bond acceptors (Lipinski definition) is 5. The first-order valence-electron chi connectivity index (χ1n) is 6.58. The molecule has 1 unspecified atom stereocenters. The van der Waals surface area contributed by atoms with Crippen molar-refractivity contribution in [1.82, 2.24) is 0 Å². The molecule has 6 nitrogen and oxygen atoms in total. The highest BCUT2D eigenvalue weighted by Crippen LogP contribution is 2.32. The Balaban J connectivity index is 2.83. The van der Waals surface area contributed by atoms with E-state index in [1.165, 1.54) is 13.2 Å². The van der Waals surface area contributed by atoms with Gasteiger partial charge in [-0.1, -0.05) is 20.8 Å². The highest BCUT2D eigenvalue weighted by molar-refractivity contribution is 5.59. The second kappa shape index (κ2) is 6.71. The zero-order valence-corrected chi connectivity index (χ0v) is 12.6. The number of methoxy groups -OCH3 is 1. The van der Waals surface area contributed by atoms with E-state index in [0.717, 1.165) is 6.07 Å². The van der Waals surface area contributed by atoms with Crippen molar-refractivity contribution in [3.05, 3.63) is 28.1 Å². The van der Waals surface area contributed by atoms with Gasteiger partial charge >= 0.3 is 5.69 Å². The summed E-state index contributed by atoms with van der Waals surface area (Å²) in [7, 11) is 1.28. The van der Waals surface area contributed by atoms with Gasteiger partial charge in [-0.05, 0) is 11.8 Å². The topological polar surface area (TPSA) is 84.6 Å². The average molecular weight is 300 g/mol. The van der Waals surface area contributed by atoms with Gasteiger partial charge in [0.2, 0.25) is 0 Å². The summed E-state index contributed by atoms with van der Waals surface area (Å²) in [5.74, 6) is -0.792. The molecule has 0 aliphatic carbocycles. The number of benzene rings is 1. The maximum Gasteiger partial charge on any atom is 0.313 e. The minimum Gasteiger partial charge on any atom is -0.490 e. The standard InChI is InChI=1S/C14H21FN2O4/c1-14(2,3)7-9(18)8-16-11-6-13(21-4)12(17(19)20)5-10(11)15/h5-6,9,16,18H,7-8H2,1-4H3. The van der Waals surface area contributed by atoms with Gasteiger partial charge in [-0.15, -0.1) is 0 Å². The molecule has 1 rings (SSSR count). The molecule has 7 heteroatoms. The van der Waals surface area contributed by atoms with Gasteiger partial charge in [-0.3, -0.25) is 10.1 Å². The van der Waals surface area contributed by atoms with Gasteiger partial charge in [-0.2, -0.15) is 0 Å². The van der Waals surface area contributed by atoms with Crippen LogP contribution in [0.25, 0.3) is 0 Å². The van der Waals surface area contributed by atoms with Crippen molar-refractivity contribution in [2.24, 2.45) is 5.41 Å². The number of halogens is 1. The molecule has 2 N–H and O–H groups in total. The first-order chi connectivity index (χ1) is 9.64. The minimum absolute atomic E-state index is 0.0331. The van der Waals surface area contributed by atoms with Gasteiger partial charge < -0.3 is 15.2 Å². The lowest BCUT2D eigenvalue weighted by Gasteiger charge is -2.23. The average Bonchev–Trinajstić information content (AvgIpc) is 2.34. The number of nitrogens with zero attached hydrogens (tertiary/aromatic N) is 1. The predicted octanol–water partition coefficient (Wildman–Crippen LogP) is 2.95. The fraction of sp³-hybridized carbons (Fsp3) is 0.571. The maximum absolute atomic E-state index is 13.8. The first kappa shape index (κ1) is 17.2. The number of hydrogen-bond donors (Lipinski definition) is 2. The van der Waals surface area contributed by atoms with Crippen LogP contribution in [0.1, 0.15) is 27.2 Å². The lowest BCUT2D eigenvalue weighted by Crippen LogP contribution is -2.25. The largest absolute Gasteiger partial charge is 0.490 e. The molecule has 0 aliphatic heterocycles. The monoisotopic (exact) mass is 300 g/mol. The molecule has 0 spiro atoms. The Morgan fingerprint density at radius 3 is 2.57 bits per heavy atom. The molecule has 0 aliphatic rings. The normalized spacial score (nSPS) is 12.9. The van der Waals surface area contributed by atoms with E-state index in [4.69, 9.17) is 4.74 Å². The Kier molecular flexibility index (Phi) is 5.48. The summed E-state index contributed by atoms with van der Waals surface area (Å²) in [4.78, 5) is 10.1. The number of nitro groups is 1. The lowest BCUT2D eigenvalue weighted by molar-refractivity contribution is -0.385. The smallest absolute Gasteiger partial charge is 0.313 e. The quantitative estimate of drug-likeness (QED) is 0.623. The van der Waals surface area contributed by atoms with E-state index < -0.39 is 22.5 Å². The number of nitro benzene ring substituents is 1. The Hall–Kier alpha value is -1.89. The van der Waals surface area contributed by atoms with Gasteiger partial charge in [0.25, 0.3) is 0 Å². The summed E-state index contributed by atoms with van der Waals surface area (Å²) in [6.07, 6.45) is -0.100. The van der Waals surface area contributed by atoms with Gasteiger partial charge in [0.05, 0.1) is 29.9 Å². The van der Waals surface area contributed by atoms with E-state index in [1.54, 1.807) is 0 Å². The molecule has 0 fully saturated rings. The second-order valence-corrected chi connectivity index (χ2v) is 6.06. The van der Waals surface area contributed by atoms with Crippen LogP contribution in [0, 0.1) is 21.3 Å². The van der Waals surface area contributed by atoms with Crippen molar-refractivity contribution in [3.8, 4) is 5.75 Å². The van der Waals surface area contributed by atoms with Crippen molar-refractivity contribution >= 4 is 11.4 Å². The van der Waals surface area contributed by atoms with Gasteiger partial charge in [0.1, 0.15) is 0 Å². The van der Waals surface area contributed by atoms with Crippen LogP contribution in [0.15, 0.2) is 12.1 Å². The number of ether oxygens (including phenoxy) is 1. The number of anilines is 1. The van der Waals surface area contributed by atoms with Crippen LogP contribution in [0.3, 0.4) is 0 Å². The Bertz CT molecular complexity index is 514. The number of rotatable bonds is 6. The molecule has 1 aromatic rings. The summed E-state index contributed by atoms with van der Waals surface area (Å²) in [6.45, 7) is 6.12. The van der Waals surface area contributed by atoms with E-state index in [-0.39, 0.29) is 23.4 Å². The van der Waals surface area contributed by atoms with Crippen LogP contribution >= 0.6 is 0 Å². The van der Waals surface area contributed by atoms with Crippen molar-refractivity contribution in [1.29, 1.82) is 0 Å². The molecule has 1 atom stereocenters. The molecule has 0 amide bonds. The highest BCUT2D eigenvalue weighted by atomic mass is 19.1. The Morgan fingerprint density at radius 2 is 2.10 bits per heavy atom. The van der Waals surface area contributed by atoms with Crippen LogP contribution in [0.5, 0.6) is 5.75 Å². The highest BCUT2D eigenvalue weighted by Gasteiger charge is 2.20. The Morgan fingerprint density at radius 1 is 1.48 bits per heavy atom. The third-order valence-electron chi connectivity index (χ3n) is 2.84. The molecule has 21 heavy (non-hydrogen) atoms. The summed E-state index contributed by atoms with van der Waals surface area (Å²) in [5, 5.41) is 23.4. The van der Waals surface area contributed by atoms with Crippen LogP contribution in [0.2, 0.25) is 0 Å². The van der Waals surface area contributed by atoms with Crippen LogP contribution in [0.4, 0.5) is 15.8 Å². The maximum atomic E-state index is 13.8. The molecule has 118 valence electrons. The van der Waals surface area contributed by atoms with Crippen molar-refractivity contribution < 1.29 is 19.2 Å². The molecule has 0 heterocycles. The molecular formula is C14H21FN2O4. The SMILES string of the molecule is COc1cc(NCC(O)CC(C)(C)C)c(F)cc1[N+](=O)[O-]. The fourth-order valence-corrected chi connectivity index (χ4v) is 1.99. The Labute approximate surface area is 123 Å². The third-order valence-corrected chi connectivity index (χ3v) is 2.84. The van der Waals surface area contributed by atoms with Crippen molar-refractivity contribution in [2.45, 2.75) is 33.3 Å². The van der Waals surface area contributed by atoms with E-state index >= 15 is 0 Å². The van der Waals surface area contributed by atoms with Crippen LogP contribution < -0.4 is 10.1 Å². The van der Waals surface area contributed by atoms with Gasteiger partial charge in [-0.25, -0.2) is 4.39 Å². The fourth-order valence-electron chi connectivity index (χ4n) is 1.99. The third kappa shape index (κ3) is 5.18. The molecule has 0 radical (unpaired) electrons. The second-order valence-electron chi connectivity index (χ2n) is 6.06. The minimum atomic E-state index is -0.759. The van der Waals surface area contributed by atoms with Crippen LogP contribution in [-0.4, -0.2) is 29.8 Å². The molecule has 0 saturated heterocycles. The van der Waals surface area contributed by atoms with Gasteiger partial charge in [0.15, 0.2) is 11.6 Å². The van der Waals surface area contributed by atoms with E-state index in [1.807, 2.05) is 20.8 Å². The zero-order chi connectivity index (χ0) is 16.2. The molecule has 0 saturated carbocycles. The summed E-state index contributed by atoms with van der Waals surface area (Å²) in [5.41, 5.74) is -0.423. The zero-order valence-electron chi connectivity index (χ0n) is 12.6. The van der Waals surface area contributed by atoms with E-state index in [2.05, 4.69) is 5.32 Å². The van der Waals surface area contributed by atoms with E-state index in [9.17, 15) is 19.6 Å². The summed E-state index contributed by atoms with van der Waals surface area (Å²) >= 11 is 0. The molecule has 0 bridgehead atoms. The van der Waals surface area contributed by atoms with Crippen molar-refractivity contribution in [2.75, 3.05) is 19.0 Å². The number of aliphatic hydroxyl groups is 1. The van der Waals surface area contributed by atoms with E-state index in [0.29, 0.717) is 6.42 Å².